The first-order valence-electron chi connectivity index (χ1n) is 10.1. The van der Waals surface area contributed by atoms with E-state index >= 15 is 0 Å². The third-order valence-corrected chi connectivity index (χ3v) is 6.10. The highest BCUT2D eigenvalue weighted by Crippen LogP contribution is 2.24. The molecule has 2 fully saturated rings. The summed E-state index contributed by atoms with van der Waals surface area (Å²) in [6.07, 6.45) is 0.785. The number of quaternary nitrogens is 1. The second kappa shape index (κ2) is 8.88. The number of benzene rings is 1. The van der Waals surface area contributed by atoms with Crippen molar-refractivity contribution in [2.24, 2.45) is 0 Å². The number of non-ortho nitro benzene ring substituents is 1. The fourth-order valence-corrected chi connectivity index (χ4v) is 4.41. The smallest absolute Gasteiger partial charge is 0.435 e. The van der Waals surface area contributed by atoms with E-state index in [1.165, 1.54) is 31.2 Å². The minimum atomic E-state index is -1.23. The van der Waals surface area contributed by atoms with Crippen molar-refractivity contribution in [3.63, 3.8) is 0 Å². The van der Waals surface area contributed by atoms with E-state index in [9.17, 15) is 29.6 Å². The summed E-state index contributed by atoms with van der Waals surface area (Å²) in [5.41, 5.74) is 0.434. The van der Waals surface area contributed by atoms with Crippen LogP contribution in [0.3, 0.4) is 0 Å². The molecular weight excluding hydrogens is 392 g/mol. The van der Waals surface area contributed by atoms with Crippen LogP contribution in [0.2, 0.25) is 0 Å². The van der Waals surface area contributed by atoms with Gasteiger partial charge in [-0.15, -0.1) is 0 Å². The zero-order valence-corrected chi connectivity index (χ0v) is 17.0. The van der Waals surface area contributed by atoms with Crippen molar-refractivity contribution in [3.05, 3.63) is 39.9 Å². The monoisotopic (exact) mass is 419 g/mol. The summed E-state index contributed by atoms with van der Waals surface area (Å²) in [6.45, 7) is 4.08. The van der Waals surface area contributed by atoms with Gasteiger partial charge in [0.2, 0.25) is 5.91 Å². The molecule has 0 bridgehead atoms. The lowest BCUT2D eigenvalue weighted by atomic mass is 10.0. The normalized spacial score (nSPS) is 24.6. The molecule has 1 aromatic carbocycles. The molecule has 2 saturated heterocycles. The molecule has 10 nitrogen and oxygen atoms in total. The van der Waals surface area contributed by atoms with Gasteiger partial charge in [-0.1, -0.05) is 12.1 Å². The van der Waals surface area contributed by atoms with E-state index in [1.807, 2.05) is 0 Å². The molecule has 30 heavy (non-hydrogen) atoms. The number of carboxylic acid groups (broad SMARTS) is 1. The lowest BCUT2D eigenvalue weighted by molar-refractivity contribution is -0.791. The van der Waals surface area contributed by atoms with Gasteiger partial charge in [-0.2, -0.15) is 9.28 Å². The number of likely N-dealkylation sites (tertiary alicyclic amines) is 1. The fraction of sp³-hybridized carbons (Fsp3) is 0.550. The Morgan fingerprint density at radius 3 is 2.33 bits per heavy atom. The molecule has 0 aliphatic carbocycles. The number of carbonyl (C=O) groups excluding carboxylic acids is 2. The zero-order valence-electron chi connectivity index (χ0n) is 17.0. The van der Waals surface area contributed by atoms with Gasteiger partial charge >= 0.3 is 12.0 Å². The second-order valence-corrected chi connectivity index (χ2v) is 8.02. The van der Waals surface area contributed by atoms with Crippen LogP contribution in [0.25, 0.3) is 0 Å². The molecule has 2 aliphatic rings. The summed E-state index contributed by atoms with van der Waals surface area (Å²) in [4.78, 5) is 51.7. The Kier molecular flexibility index (Phi) is 6.47. The van der Waals surface area contributed by atoms with Crippen LogP contribution >= 0.6 is 0 Å². The Morgan fingerprint density at radius 2 is 1.80 bits per heavy atom. The predicted octanol–water partition coefficient (Wildman–Crippen LogP) is 1.49. The van der Waals surface area contributed by atoms with Crippen LogP contribution < -0.4 is 0 Å². The summed E-state index contributed by atoms with van der Waals surface area (Å²) in [7, 11) is 0. The van der Waals surface area contributed by atoms with E-state index in [-0.39, 0.29) is 43.7 Å². The van der Waals surface area contributed by atoms with Crippen molar-refractivity contribution in [2.75, 3.05) is 39.3 Å². The first kappa shape index (κ1) is 21.8. The molecule has 2 aliphatic heterocycles. The molecule has 162 valence electrons. The van der Waals surface area contributed by atoms with Crippen molar-refractivity contribution < 1.29 is 28.9 Å². The van der Waals surface area contributed by atoms with Crippen LogP contribution in [0.5, 0.6) is 0 Å². The van der Waals surface area contributed by atoms with Gasteiger partial charge in [-0.25, -0.2) is 4.79 Å². The molecule has 3 rings (SSSR count). The third-order valence-electron chi connectivity index (χ3n) is 6.10. The Hall–Kier alpha value is -2.85. The standard InChI is InChI=1S/C20H26N4O6/c1-15(25)22-10-11-24(20(27)28,14-18(22)13-21-8-2-3-9-21)19(26)12-16-4-6-17(7-5-16)23(29)30/h4-7,18H,2-3,8-14H2,1H3/p+1. The summed E-state index contributed by atoms with van der Waals surface area (Å²) in [5.74, 6) is -0.601. The molecule has 0 spiro atoms. The van der Waals surface area contributed by atoms with Crippen molar-refractivity contribution in [1.29, 1.82) is 0 Å². The van der Waals surface area contributed by atoms with Crippen LogP contribution in [0.4, 0.5) is 10.5 Å². The van der Waals surface area contributed by atoms with Crippen molar-refractivity contribution >= 4 is 23.6 Å². The van der Waals surface area contributed by atoms with Crippen LogP contribution in [0.1, 0.15) is 25.3 Å². The number of nitro benzene ring substituents is 1. The molecule has 2 heterocycles. The summed E-state index contributed by atoms with van der Waals surface area (Å²) >= 11 is 0. The Balaban J connectivity index is 1.80. The number of rotatable bonds is 5. The van der Waals surface area contributed by atoms with Gasteiger partial charge in [0.25, 0.3) is 5.69 Å². The molecule has 1 N–H and O–H groups in total. The van der Waals surface area contributed by atoms with E-state index in [0.717, 1.165) is 25.9 Å². The Labute approximate surface area is 174 Å². The predicted molar refractivity (Wildman–Crippen MR) is 107 cm³/mol. The highest BCUT2D eigenvalue weighted by Gasteiger charge is 2.51. The number of nitro groups is 1. The van der Waals surface area contributed by atoms with Gasteiger partial charge in [-0.05, 0) is 31.5 Å². The maximum atomic E-state index is 13.1. The number of imide groups is 1. The van der Waals surface area contributed by atoms with E-state index in [0.29, 0.717) is 12.1 Å². The lowest BCUT2D eigenvalue weighted by Gasteiger charge is -2.44. The second-order valence-electron chi connectivity index (χ2n) is 8.02. The van der Waals surface area contributed by atoms with Crippen molar-refractivity contribution in [2.45, 2.75) is 32.2 Å². The number of piperazine rings is 1. The molecule has 0 radical (unpaired) electrons. The molecule has 1 aromatic rings. The Bertz CT molecular complexity index is 836. The van der Waals surface area contributed by atoms with Crippen LogP contribution in [-0.2, 0) is 16.0 Å². The molecule has 2 unspecified atom stereocenters. The average Bonchev–Trinajstić information content (AvgIpc) is 3.20. The minimum absolute atomic E-state index is 0.0111. The first-order chi connectivity index (χ1) is 14.2. The fourth-order valence-electron chi connectivity index (χ4n) is 4.41. The van der Waals surface area contributed by atoms with Gasteiger partial charge < -0.3 is 14.9 Å². The van der Waals surface area contributed by atoms with E-state index < -0.39 is 21.4 Å². The minimum Gasteiger partial charge on any atom is -0.435 e. The van der Waals surface area contributed by atoms with Crippen LogP contribution in [0.15, 0.2) is 24.3 Å². The number of hydrogen-bond acceptors (Lipinski definition) is 6. The number of carbonyl (C=O) groups is 3. The van der Waals surface area contributed by atoms with E-state index in [4.69, 9.17) is 0 Å². The highest BCUT2D eigenvalue weighted by molar-refractivity contribution is 5.82. The molecule has 0 saturated carbocycles. The summed E-state index contributed by atoms with van der Waals surface area (Å²) in [5, 5.41) is 20.8. The lowest BCUT2D eigenvalue weighted by Crippen LogP contribution is -2.70. The van der Waals surface area contributed by atoms with E-state index in [2.05, 4.69) is 4.90 Å². The molecule has 2 atom stereocenters. The maximum absolute atomic E-state index is 13.1. The largest absolute Gasteiger partial charge is 0.521 e. The molecular formula is C20H27N4O6+. The van der Waals surface area contributed by atoms with Crippen LogP contribution in [-0.4, -0.2) is 87.5 Å². The van der Waals surface area contributed by atoms with E-state index in [1.54, 1.807) is 4.90 Å². The summed E-state index contributed by atoms with van der Waals surface area (Å²) in [6, 6.07) is 5.20. The van der Waals surface area contributed by atoms with Crippen molar-refractivity contribution in [1.82, 2.24) is 9.80 Å². The highest BCUT2D eigenvalue weighted by atomic mass is 16.6. The molecule has 0 aromatic heterocycles. The zero-order chi connectivity index (χ0) is 21.9. The number of hydrogen-bond donors (Lipinski definition) is 1. The first-order valence-corrected chi connectivity index (χ1v) is 10.1. The SMILES string of the molecule is CC(=O)N1CC[N+](C(=O)O)(C(=O)Cc2ccc([N+](=O)[O-])cc2)CC1CN1CCCC1. The maximum Gasteiger partial charge on any atom is 0.521 e. The number of amides is 3. The summed E-state index contributed by atoms with van der Waals surface area (Å²) < 4.78 is -0.737. The third kappa shape index (κ3) is 4.49. The molecule has 3 amide bonds. The van der Waals surface area contributed by atoms with Gasteiger partial charge in [0.15, 0.2) is 0 Å². The number of nitrogens with zero attached hydrogens (tertiary/aromatic N) is 4. The van der Waals surface area contributed by atoms with Gasteiger partial charge in [0.1, 0.15) is 13.1 Å². The molecule has 10 heteroatoms. The van der Waals surface area contributed by atoms with Gasteiger partial charge in [0, 0.05) is 25.6 Å². The Morgan fingerprint density at radius 1 is 1.17 bits per heavy atom. The average molecular weight is 419 g/mol. The topological polar surface area (TPSA) is 121 Å². The van der Waals surface area contributed by atoms with Gasteiger partial charge in [-0.3, -0.25) is 14.9 Å². The van der Waals surface area contributed by atoms with Gasteiger partial charge in [0.05, 0.1) is 23.9 Å². The van der Waals surface area contributed by atoms with Crippen LogP contribution in [0, 0.1) is 10.1 Å². The quantitative estimate of drug-likeness (QED) is 0.436. The van der Waals surface area contributed by atoms with Crippen molar-refractivity contribution in [3.8, 4) is 0 Å².